The van der Waals surface area contributed by atoms with Crippen LogP contribution in [-0.2, 0) is 9.53 Å². The second-order valence-electron chi connectivity index (χ2n) is 5.34. The summed E-state index contributed by atoms with van der Waals surface area (Å²) in [5.41, 5.74) is 2.00. The summed E-state index contributed by atoms with van der Waals surface area (Å²) >= 11 is 0. The van der Waals surface area contributed by atoms with Crippen molar-refractivity contribution in [3.05, 3.63) is 29.8 Å². The Balaban J connectivity index is 1.78. The Morgan fingerprint density at radius 3 is 2.95 bits per heavy atom. The molecule has 0 radical (unpaired) electrons. The number of anilines is 1. The molecule has 19 heavy (non-hydrogen) atoms. The highest BCUT2D eigenvalue weighted by Gasteiger charge is 2.34. The highest BCUT2D eigenvalue weighted by atomic mass is 16.5. The van der Waals surface area contributed by atoms with E-state index in [1.54, 1.807) is 0 Å². The summed E-state index contributed by atoms with van der Waals surface area (Å²) in [6, 6.07) is 7.82. The van der Waals surface area contributed by atoms with Gasteiger partial charge in [-0.15, -0.1) is 0 Å². The quantitative estimate of drug-likeness (QED) is 0.906. The standard InChI is InChI=1S/C15H19NO3/c17-15(18)13-10-16(9-11-5-3-4-8-19-11)14-7-2-1-6-12(13)14/h1-2,6-7,11,13H,3-5,8-10H2,(H,17,18). The Morgan fingerprint density at radius 1 is 1.37 bits per heavy atom. The monoisotopic (exact) mass is 261 g/mol. The number of nitrogens with zero attached hydrogens (tertiary/aromatic N) is 1. The molecule has 2 heterocycles. The Bertz CT molecular complexity index is 468. The number of fused-ring (bicyclic) bond motifs is 1. The van der Waals surface area contributed by atoms with Crippen molar-refractivity contribution in [2.24, 2.45) is 0 Å². The molecule has 2 aliphatic rings. The van der Waals surface area contributed by atoms with Gasteiger partial charge in [0.15, 0.2) is 0 Å². The minimum absolute atomic E-state index is 0.245. The summed E-state index contributed by atoms with van der Waals surface area (Å²) in [6.07, 6.45) is 3.68. The van der Waals surface area contributed by atoms with E-state index in [0.29, 0.717) is 6.54 Å². The Morgan fingerprint density at radius 2 is 2.21 bits per heavy atom. The maximum Gasteiger partial charge on any atom is 0.312 e. The van der Waals surface area contributed by atoms with Crippen LogP contribution in [0.3, 0.4) is 0 Å². The number of carboxylic acids is 1. The Hall–Kier alpha value is -1.55. The number of ether oxygens (including phenoxy) is 1. The van der Waals surface area contributed by atoms with Crippen molar-refractivity contribution in [1.29, 1.82) is 0 Å². The molecule has 3 rings (SSSR count). The van der Waals surface area contributed by atoms with Gasteiger partial charge in [0.2, 0.25) is 0 Å². The molecule has 0 spiro atoms. The van der Waals surface area contributed by atoms with E-state index in [2.05, 4.69) is 4.90 Å². The fourth-order valence-corrected chi connectivity index (χ4v) is 3.07. The van der Waals surface area contributed by atoms with Crippen molar-refractivity contribution >= 4 is 11.7 Å². The van der Waals surface area contributed by atoms with Gasteiger partial charge in [-0.2, -0.15) is 0 Å². The van der Waals surface area contributed by atoms with Gasteiger partial charge in [0.1, 0.15) is 5.92 Å². The van der Waals surface area contributed by atoms with Crippen molar-refractivity contribution in [2.45, 2.75) is 31.3 Å². The SMILES string of the molecule is O=C(O)C1CN(CC2CCCCO2)c2ccccc21. The molecule has 1 fully saturated rings. The molecule has 1 aromatic rings. The summed E-state index contributed by atoms with van der Waals surface area (Å²) < 4.78 is 5.76. The zero-order chi connectivity index (χ0) is 13.2. The molecule has 2 aliphatic heterocycles. The van der Waals surface area contributed by atoms with Crippen LogP contribution in [0, 0.1) is 0 Å². The van der Waals surface area contributed by atoms with Crippen LogP contribution in [0.25, 0.3) is 0 Å². The van der Waals surface area contributed by atoms with Crippen LogP contribution >= 0.6 is 0 Å². The van der Waals surface area contributed by atoms with Crippen molar-refractivity contribution in [3.63, 3.8) is 0 Å². The summed E-state index contributed by atoms with van der Waals surface area (Å²) in [5, 5.41) is 9.33. The molecule has 1 saturated heterocycles. The molecule has 4 nitrogen and oxygen atoms in total. The van der Waals surface area contributed by atoms with Crippen LogP contribution in [0.1, 0.15) is 30.7 Å². The van der Waals surface area contributed by atoms with Crippen LogP contribution in [0.15, 0.2) is 24.3 Å². The van der Waals surface area contributed by atoms with Crippen molar-refractivity contribution < 1.29 is 14.6 Å². The largest absolute Gasteiger partial charge is 0.481 e. The molecule has 102 valence electrons. The third-order valence-electron chi connectivity index (χ3n) is 4.05. The number of hydrogen-bond donors (Lipinski definition) is 1. The van der Waals surface area contributed by atoms with Gasteiger partial charge in [0, 0.05) is 25.4 Å². The molecule has 0 bridgehead atoms. The lowest BCUT2D eigenvalue weighted by Crippen LogP contribution is -2.35. The molecule has 0 amide bonds. The first kappa shape index (κ1) is 12.5. The lowest BCUT2D eigenvalue weighted by molar-refractivity contribution is -0.138. The molecule has 0 saturated carbocycles. The lowest BCUT2D eigenvalue weighted by atomic mass is 10.0. The van der Waals surface area contributed by atoms with Gasteiger partial charge in [-0.05, 0) is 30.9 Å². The van der Waals surface area contributed by atoms with E-state index in [0.717, 1.165) is 37.2 Å². The zero-order valence-electron chi connectivity index (χ0n) is 10.9. The average Bonchev–Trinajstić information content (AvgIpc) is 2.79. The molecule has 4 heteroatoms. The maximum absolute atomic E-state index is 11.3. The molecule has 2 unspecified atom stereocenters. The third kappa shape index (κ3) is 2.45. The number of para-hydroxylation sites is 1. The summed E-state index contributed by atoms with van der Waals surface area (Å²) in [4.78, 5) is 13.5. The number of benzene rings is 1. The van der Waals surface area contributed by atoms with Gasteiger partial charge >= 0.3 is 5.97 Å². The van der Waals surface area contributed by atoms with E-state index in [-0.39, 0.29) is 6.10 Å². The van der Waals surface area contributed by atoms with Crippen LogP contribution in [0.5, 0.6) is 0 Å². The number of rotatable bonds is 3. The maximum atomic E-state index is 11.3. The van der Waals surface area contributed by atoms with Gasteiger partial charge < -0.3 is 14.7 Å². The molecule has 1 aromatic carbocycles. The van der Waals surface area contributed by atoms with Crippen molar-refractivity contribution in [1.82, 2.24) is 0 Å². The fourth-order valence-electron chi connectivity index (χ4n) is 3.07. The number of aliphatic carboxylic acids is 1. The smallest absolute Gasteiger partial charge is 0.312 e. The topological polar surface area (TPSA) is 49.8 Å². The summed E-state index contributed by atoms with van der Waals surface area (Å²) in [7, 11) is 0. The Labute approximate surface area is 113 Å². The average molecular weight is 261 g/mol. The van der Waals surface area contributed by atoms with E-state index in [1.165, 1.54) is 6.42 Å². The molecule has 0 aromatic heterocycles. The minimum atomic E-state index is -0.737. The van der Waals surface area contributed by atoms with Gasteiger partial charge in [0.25, 0.3) is 0 Å². The number of carboxylic acid groups (broad SMARTS) is 1. The van der Waals surface area contributed by atoms with E-state index in [9.17, 15) is 9.90 Å². The predicted molar refractivity (Wildman–Crippen MR) is 72.6 cm³/mol. The minimum Gasteiger partial charge on any atom is -0.481 e. The van der Waals surface area contributed by atoms with Crippen molar-refractivity contribution in [2.75, 3.05) is 24.6 Å². The van der Waals surface area contributed by atoms with E-state index < -0.39 is 11.9 Å². The van der Waals surface area contributed by atoms with Crippen LogP contribution in [0.4, 0.5) is 5.69 Å². The van der Waals surface area contributed by atoms with Crippen molar-refractivity contribution in [3.8, 4) is 0 Å². The second kappa shape index (κ2) is 5.21. The van der Waals surface area contributed by atoms with E-state index in [1.807, 2.05) is 24.3 Å². The molecule has 1 N–H and O–H groups in total. The van der Waals surface area contributed by atoms with E-state index >= 15 is 0 Å². The lowest BCUT2D eigenvalue weighted by Gasteiger charge is -2.29. The van der Waals surface area contributed by atoms with Gasteiger partial charge in [0.05, 0.1) is 6.10 Å². The number of carbonyl (C=O) groups is 1. The Kier molecular flexibility index (Phi) is 3.42. The highest BCUT2D eigenvalue weighted by Crippen LogP contribution is 2.36. The zero-order valence-corrected chi connectivity index (χ0v) is 10.9. The third-order valence-corrected chi connectivity index (χ3v) is 4.05. The second-order valence-corrected chi connectivity index (χ2v) is 5.34. The first-order valence-electron chi connectivity index (χ1n) is 6.94. The van der Waals surface area contributed by atoms with Crippen LogP contribution < -0.4 is 4.90 Å². The van der Waals surface area contributed by atoms with Gasteiger partial charge in [-0.25, -0.2) is 0 Å². The van der Waals surface area contributed by atoms with Gasteiger partial charge in [-0.3, -0.25) is 4.79 Å². The van der Waals surface area contributed by atoms with Crippen LogP contribution in [0.2, 0.25) is 0 Å². The molecule has 0 aliphatic carbocycles. The molecular formula is C15H19NO3. The normalized spacial score (nSPS) is 26.2. The molecular weight excluding hydrogens is 242 g/mol. The van der Waals surface area contributed by atoms with Gasteiger partial charge in [-0.1, -0.05) is 18.2 Å². The predicted octanol–water partition coefficient (Wildman–Crippen LogP) is 2.24. The molecule has 2 atom stereocenters. The highest BCUT2D eigenvalue weighted by molar-refractivity contribution is 5.82. The summed E-state index contributed by atoms with van der Waals surface area (Å²) in [5.74, 6) is -1.14. The number of hydrogen-bond acceptors (Lipinski definition) is 3. The van der Waals surface area contributed by atoms with E-state index in [4.69, 9.17) is 4.74 Å². The van der Waals surface area contributed by atoms with Crippen LogP contribution in [-0.4, -0.2) is 36.9 Å². The summed E-state index contributed by atoms with van der Waals surface area (Å²) in [6.45, 7) is 2.21. The fraction of sp³-hybridized carbons (Fsp3) is 0.533. The first-order chi connectivity index (χ1) is 9.25. The first-order valence-corrected chi connectivity index (χ1v) is 6.94.